The topological polar surface area (TPSA) is 67.9 Å². The Balaban J connectivity index is 1.86. The number of carbonyl (C=O) groups is 2. The fraction of sp³-hybridized carbons (Fsp3) is 0.846. The summed E-state index contributed by atoms with van der Waals surface area (Å²) in [6, 6.07) is 0.420. The zero-order valence-corrected chi connectivity index (χ0v) is 11.4. The molecule has 6 nitrogen and oxygen atoms in total. The van der Waals surface area contributed by atoms with Crippen molar-refractivity contribution in [3.63, 3.8) is 0 Å². The first-order valence-electron chi connectivity index (χ1n) is 6.97. The van der Waals surface area contributed by atoms with Crippen molar-refractivity contribution in [1.29, 1.82) is 0 Å². The number of hydrogen-bond donors (Lipinski definition) is 1. The predicted molar refractivity (Wildman–Crippen MR) is 68.6 cm³/mol. The first-order valence-corrected chi connectivity index (χ1v) is 6.97. The zero-order valence-electron chi connectivity index (χ0n) is 11.4. The van der Waals surface area contributed by atoms with Gasteiger partial charge in [-0.3, -0.25) is 9.59 Å². The number of carbonyl (C=O) groups excluding carboxylic acids is 2. The molecule has 0 radical (unpaired) electrons. The van der Waals surface area contributed by atoms with Crippen LogP contribution in [0.2, 0.25) is 0 Å². The highest BCUT2D eigenvalue weighted by atomic mass is 16.5. The number of nitrogens with zero attached hydrogens (tertiary/aromatic N) is 1. The minimum atomic E-state index is -0.301. The van der Waals surface area contributed by atoms with Crippen molar-refractivity contribution in [3.8, 4) is 0 Å². The van der Waals surface area contributed by atoms with Crippen LogP contribution < -0.4 is 5.32 Å². The van der Waals surface area contributed by atoms with Gasteiger partial charge in [0.2, 0.25) is 5.91 Å². The molecule has 1 amide bonds. The summed E-state index contributed by atoms with van der Waals surface area (Å²) in [4.78, 5) is 25.5. The number of amides is 1. The highest BCUT2D eigenvalue weighted by Crippen LogP contribution is 2.19. The van der Waals surface area contributed by atoms with Crippen molar-refractivity contribution in [2.24, 2.45) is 0 Å². The molecular weight excluding hydrogens is 248 g/mol. The highest BCUT2D eigenvalue weighted by Gasteiger charge is 2.35. The third-order valence-corrected chi connectivity index (χ3v) is 3.59. The molecule has 2 saturated heterocycles. The van der Waals surface area contributed by atoms with Crippen LogP contribution >= 0.6 is 0 Å². The Labute approximate surface area is 113 Å². The van der Waals surface area contributed by atoms with Crippen LogP contribution in [0, 0.1) is 0 Å². The van der Waals surface area contributed by atoms with Gasteiger partial charge < -0.3 is 19.7 Å². The molecule has 2 aliphatic rings. The Bertz CT molecular complexity index is 325. The average molecular weight is 270 g/mol. The van der Waals surface area contributed by atoms with E-state index in [0.717, 1.165) is 19.5 Å². The van der Waals surface area contributed by atoms with E-state index in [1.807, 2.05) is 4.90 Å². The molecular formula is C13H22N2O4. The average Bonchev–Trinajstić information content (AvgIpc) is 2.84. The van der Waals surface area contributed by atoms with E-state index in [1.54, 1.807) is 6.92 Å². The van der Waals surface area contributed by atoms with Crippen LogP contribution in [0.5, 0.6) is 0 Å². The second-order valence-corrected chi connectivity index (χ2v) is 4.94. The normalized spacial score (nSPS) is 22.9. The summed E-state index contributed by atoms with van der Waals surface area (Å²) in [5.41, 5.74) is 0. The van der Waals surface area contributed by atoms with E-state index in [9.17, 15) is 9.59 Å². The Morgan fingerprint density at radius 3 is 2.63 bits per heavy atom. The summed E-state index contributed by atoms with van der Waals surface area (Å²) in [6.07, 6.45) is 1.28. The van der Waals surface area contributed by atoms with E-state index in [-0.39, 0.29) is 36.8 Å². The molecule has 0 aromatic rings. The van der Waals surface area contributed by atoms with Gasteiger partial charge in [-0.15, -0.1) is 0 Å². The molecule has 2 aliphatic heterocycles. The first-order chi connectivity index (χ1) is 9.22. The van der Waals surface area contributed by atoms with Gasteiger partial charge in [-0.2, -0.15) is 0 Å². The van der Waals surface area contributed by atoms with Crippen LogP contribution in [-0.2, 0) is 19.1 Å². The monoisotopic (exact) mass is 270 g/mol. The third-order valence-electron chi connectivity index (χ3n) is 3.59. The van der Waals surface area contributed by atoms with Crippen molar-refractivity contribution in [2.45, 2.75) is 38.3 Å². The van der Waals surface area contributed by atoms with E-state index in [4.69, 9.17) is 9.47 Å². The number of rotatable bonds is 6. The van der Waals surface area contributed by atoms with Crippen molar-refractivity contribution in [1.82, 2.24) is 10.2 Å². The predicted octanol–water partition coefficient (Wildman–Crippen LogP) is -0.0810. The molecule has 2 fully saturated rings. The van der Waals surface area contributed by atoms with Crippen LogP contribution in [0.4, 0.5) is 0 Å². The number of hydrogen-bond acceptors (Lipinski definition) is 5. The van der Waals surface area contributed by atoms with E-state index >= 15 is 0 Å². The smallest absolute Gasteiger partial charge is 0.306 e. The van der Waals surface area contributed by atoms with Crippen molar-refractivity contribution in [2.75, 3.05) is 32.9 Å². The number of ether oxygens (including phenoxy) is 2. The SMILES string of the molecule is CCOC(=O)CCC(=O)N(C1CNC1)C1CCOC1. The quantitative estimate of drug-likeness (QED) is 0.684. The Kier molecular flexibility index (Phi) is 5.15. The molecule has 6 heteroatoms. The summed E-state index contributed by atoms with van der Waals surface area (Å²) in [5.74, 6) is -0.264. The van der Waals surface area contributed by atoms with Crippen molar-refractivity contribution in [3.05, 3.63) is 0 Å². The molecule has 1 N–H and O–H groups in total. The van der Waals surface area contributed by atoms with E-state index in [2.05, 4.69) is 5.32 Å². The van der Waals surface area contributed by atoms with Crippen LogP contribution in [0.15, 0.2) is 0 Å². The second-order valence-electron chi connectivity index (χ2n) is 4.94. The van der Waals surface area contributed by atoms with Gasteiger partial charge in [-0.1, -0.05) is 0 Å². The molecule has 2 heterocycles. The number of esters is 1. The fourth-order valence-corrected chi connectivity index (χ4v) is 2.49. The summed E-state index contributed by atoms with van der Waals surface area (Å²) < 4.78 is 10.2. The lowest BCUT2D eigenvalue weighted by atomic mass is 10.1. The second kappa shape index (κ2) is 6.86. The largest absolute Gasteiger partial charge is 0.466 e. The molecule has 2 rings (SSSR count). The molecule has 0 spiro atoms. The van der Waals surface area contributed by atoms with Gasteiger partial charge in [0.15, 0.2) is 0 Å². The molecule has 108 valence electrons. The standard InChI is InChI=1S/C13H22N2O4/c1-2-19-13(17)4-3-12(16)15(11-7-14-8-11)10-5-6-18-9-10/h10-11,14H,2-9H2,1H3. The maximum atomic E-state index is 12.3. The lowest BCUT2D eigenvalue weighted by molar-refractivity contribution is -0.147. The minimum absolute atomic E-state index is 0.0371. The molecule has 1 unspecified atom stereocenters. The Morgan fingerprint density at radius 2 is 2.11 bits per heavy atom. The maximum absolute atomic E-state index is 12.3. The molecule has 1 atom stereocenters. The van der Waals surface area contributed by atoms with Gasteiger partial charge in [-0.25, -0.2) is 0 Å². The van der Waals surface area contributed by atoms with E-state index < -0.39 is 0 Å². The van der Waals surface area contributed by atoms with Gasteiger partial charge in [0.25, 0.3) is 0 Å². The third kappa shape index (κ3) is 3.67. The summed E-state index contributed by atoms with van der Waals surface area (Å²) in [5, 5.41) is 3.18. The van der Waals surface area contributed by atoms with Crippen LogP contribution in [0.1, 0.15) is 26.2 Å². The summed E-state index contributed by atoms with van der Waals surface area (Å²) in [6.45, 7) is 5.12. The van der Waals surface area contributed by atoms with Crippen LogP contribution in [0.3, 0.4) is 0 Å². The zero-order chi connectivity index (χ0) is 13.7. The van der Waals surface area contributed by atoms with Gasteiger partial charge in [0.1, 0.15) is 0 Å². The van der Waals surface area contributed by atoms with Gasteiger partial charge in [0, 0.05) is 26.1 Å². The first kappa shape index (κ1) is 14.3. The summed E-state index contributed by atoms with van der Waals surface area (Å²) in [7, 11) is 0. The molecule has 0 saturated carbocycles. The fourth-order valence-electron chi connectivity index (χ4n) is 2.49. The minimum Gasteiger partial charge on any atom is -0.466 e. The van der Waals surface area contributed by atoms with Gasteiger partial charge in [-0.05, 0) is 13.3 Å². The van der Waals surface area contributed by atoms with Gasteiger partial charge in [0.05, 0.1) is 31.7 Å². The maximum Gasteiger partial charge on any atom is 0.306 e. The van der Waals surface area contributed by atoms with E-state index in [1.165, 1.54) is 0 Å². The Morgan fingerprint density at radius 1 is 1.32 bits per heavy atom. The van der Waals surface area contributed by atoms with Gasteiger partial charge >= 0.3 is 5.97 Å². The lowest BCUT2D eigenvalue weighted by Gasteiger charge is -2.41. The van der Waals surface area contributed by atoms with E-state index in [0.29, 0.717) is 19.8 Å². The Hall–Kier alpha value is -1.14. The van der Waals surface area contributed by atoms with Crippen molar-refractivity contribution < 1.29 is 19.1 Å². The summed E-state index contributed by atoms with van der Waals surface area (Å²) >= 11 is 0. The van der Waals surface area contributed by atoms with Crippen molar-refractivity contribution >= 4 is 11.9 Å². The van der Waals surface area contributed by atoms with Crippen LogP contribution in [0.25, 0.3) is 0 Å². The molecule has 0 aromatic heterocycles. The lowest BCUT2D eigenvalue weighted by Crippen LogP contribution is -2.61. The molecule has 0 bridgehead atoms. The highest BCUT2D eigenvalue weighted by molar-refractivity contribution is 5.82. The van der Waals surface area contributed by atoms with Crippen LogP contribution in [-0.4, -0.2) is 61.8 Å². The molecule has 0 aromatic carbocycles. The molecule has 0 aliphatic carbocycles. The molecule has 19 heavy (non-hydrogen) atoms. The number of nitrogens with one attached hydrogen (secondary N) is 1.